The molecule has 0 aromatic heterocycles. The molecule has 0 amide bonds. The first-order valence-electron chi connectivity index (χ1n) is 4.41. The molecular formula is C9H10Cl2F2O3. The number of hydrogen-bond donors (Lipinski definition) is 1. The summed E-state index contributed by atoms with van der Waals surface area (Å²) in [6.07, 6.45) is -1.07. The van der Waals surface area contributed by atoms with Crippen LogP contribution in [0.2, 0.25) is 0 Å². The van der Waals surface area contributed by atoms with Crippen LogP contribution in [0.3, 0.4) is 0 Å². The van der Waals surface area contributed by atoms with Gasteiger partial charge in [-0.25, -0.2) is 4.79 Å². The van der Waals surface area contributed by atoms with Crippen LogP contribution in [0.25, 0.3) is 0 Å². The lowest BCUT2D eigenvalue weighted by molar-refractivity contribution is 0.0732. The van der Waals surface area contributed by atoms with Gasteiger partial charge in [0.1, 0.15) is 6.10 Å². The molecule has 0 heterocycles. The van der Waals surface area contributed by atoms with Gasteiger partial charge in [-0.05, 0) is 11.6 Å². The summed E-state index contributed by atoms with van der Waals surface area (Å²) in [5.41, 5.74) is -0.541. The largest absolute Gasteiger partial charge is 0.506 e. The molecule has 0 aromatic rings. The van der Waals surface area contributed by atoms with Gasteiger partial charge in [0, 0.05) is 11.3 Å². The minimum absolute atomic E-state index is 0.485. The van der Waals surface area contributed by atoms with Crippen molar-refractivity contribution in [3.63, 3.8) is 0 Å². The van der Waals surface area contributed by atoms with Gasteiger partial charge in [0.15, 0.2) is 0 Å². The summed E-state index contributed by atoms with van der Waals surface area (Å²) in [6.45, 7) is 3.39. The summed E-state index contributed by atoms with van der Waals surface area (Å²) in [5, 5.41) is 3.97. The number of rotatable bonds is 3. The predicted molar refractivity (Wildman–Crippen MR) is 54.9 cm³/mol. The summed E-state index contributed by atoms with van der Waals surface area (Å²) >= 11 is 10.0. The van der Waals surface area contributed by atoms with E-state index in [1.165, 1.54) is 0 Å². The lowest BCUT2D eigenvalue weighted by Crippen LogP contribution is -2.07. The van der Waals surface area contributed by atoms with Crippen LogP contribution < -0.4 is 0 Å². The van der Waals surface area contributed by atoms with Gasteiger partial charge < -0.3 is 9.84 Å². The molecule has 0 aliphatic heterocycles. The van der Waals surface area contributed by atoms with E-state index in [4.69, 9.17) is 28.3 Å². The Morgan fingerprint density at radius 2 is 2.06 bits per heavy atom. The third kappa shape index (κ3) is 2.77. The monoisotopic (exact) mass is 274 g/mol. The zero-order valence-electron chi connectivity index (χ0n) is 8.51. The highest BCUT2D eigenvalue weighted by molar-refractivity contribution is 6.38. The van der Waals surface area contributed by atoms with E-state index in [0.717, 1.165) is 6.08 Å². The van der Waals surface area contributed by atoms with E-state index in [9.17, 15) is 13.6 Å². The maximum Gasteiger partial charge on any atom is 0.506 e. The second kappa shape index (κ2) is 4.04. The van der Waals surface area contributed by atoms with Gasteiger partial charge in [0.2, 0.25) is 0 Å². The number of hydrogen-bond acceptors (Lipinski definition) is 2. The minimum Gasteiger partial charge on any atom is -0.450 e. The van der Waals surface area contributed by atoms with Gasteiger partial charge in [-0.15, -0.1) is 0 Å². The third-order valence-electron chi connectivity index (χ3n) is 2.63. The van der Waals surface area contributed by atoms with Crippen molar-refractivity contribution in [2.45, 2.75) is 25.3 Å². The molecule has 7 heteroatoms. The summed E-state index contributed by atoms with van der Waals surface area (Å²) in [5.74, 6) is -0.485. The Kier molecular flexibility index (Phi) is 3.41. The van der Waals surface area contributed by atoms with Crippen molar-refractivity contribution >= 4 is 29.4 Å². The van der Waals surface area contributed by atoms with Crippen LogP contribution in [0.15, 0.2) is 11.1 Å². The van der Waals surface area contributed by atoms with E-state index < -0.39 is 34.0 Å². The molecule has 92 valence electrons. The Balaban J connectivity index is 2.74. The zero-order chi connectivity index (χ0) is 12.7. The Bertz CT molecular complexity index is 336. The first kappa shape index (κ1) is 13.5. The molecule has 16 heavy (non-hydrogen) atoms. The molecule has 2 atom stereocenters. The third-order valence-corrected chi connectivity index (χ3v) is 3.30. The number of ether oxygens (including phenoxy) is 1. The average Bonchev–Trinajstić information content (AvgIpc) is 2.53. The van der Waals surface area contributed by atoms with E-state index in [1.807, 2.05) is 0 Å². The number of carboxylic acid groups (broad SMARTS) is 1. The molecule has 1 saturated carbocycles. The van der Waals surface area contributed by atoms with Crippen molar-refractivity contribution < 1.29 is 23.4 Å². The number of alkyl halides is 3. The highest BCUT2D eigenvalue weighted by atomic mass is 35.5. The van der Waals surface area contributed by atoms with Gasteiger partial charge in [-0.3, -0.25) is 0 Å². The highest BCUT2D eigenvalue weighted by Gasteiger charge is 2.60. The molecule has 1 N–H and O–H groups in total. The molecule has 3 nitrogen and oxygen atoms in total. The molecule has 1 aliphatic rings. The molecule has 2 unspecified atom stereocenters. The Morgan fingerprint density at radius 3 is 2.44 bits per heavy atom. The van der Waals surface area contributed by atoms with Crippen molar-refractivity contribution in [1.29, 1.82) is 0 Å². The fourth-order valence-corrected chi connectivity index (χ4v) is 1.72. The fraction of sp³-hybridized carbons (Fsp3) is 0.667. The molecule has 0 saturated heterocycles. The summed E-state index contributed by atoms with van der Waals surface area (Å²) in [7, 11) is 0. The van der Waals surface area contributed by atoms with Crippen LogP contribution in [0.4, 0.5) is 13.6 Å². The number of carbonyl (C=O) groups is 1. The number of allylic oxidation sites excluding steroid dienone is 1. The van der Waals surface area contributed by atoms with Gasteiger partial charge in [-0.2, -0.15) is 8.78 Å². The lowest BCUT2D eigenvalue weighted by Gasteiger charge is -2.05. The SMILES string of the molecule is CC1(C)C(C=C(Cl)C(F)(F)Cl)C1OC(=O)O. The molecular weight excluding hydrogens is 265 g/mol. The summed E-state index contributed by atoms with van der Waals surface area (Å²) in [4.78, 5) is 10.3. The molecule has 0 radical (unpaired) electrons. The standard InChI is InChI=1S/C9H10Cl2F2O3/c1-8(2)4(6(8)16-7(14)15)3-5(10)9(11,12)13/h3-4,6H,1-2H3,(H,14,15). The van der Waals surface area contributed by atoms with Crippen LogP contribution in [-0.4, -0.2) is 22.7 Å². The molecule has 0 bridgehead atoms. The highest BCUT2D eigenvalue weighted by Crippen LogP contribution is 2.56. The van der Waals surface area contributed by atoms with Crippen molar-refractivity contribution in [2.75, 3.05) is 0 Å². The van der Waals surface area contributed by atoms with Crippen molar-refractivity contribution in [2.24, 2.45) is 11.3 Å². The van der Waals surface area contributed by atoms with Gasteiger partial charge in [0.05, 0.1) is 5.03 Å². The Labute approximate surface area is 101 Å². The van der Waals surface area contributed by atoms with Gasteiger partial charge >= 0.3 is 11.5 Å². The van der Waals surface area contributed by atoms with Crippen LogP contribution in [-0.2, 0) is 4.74 Å². The van der Waals surface area contributed by atoms with E-state index in [1.54, 1.807) is 13.8 Å². The molecule has 1 rings (SSSR count). The van der Waals surface area contributed by atoms with E-state index in [2.05, 4.69) is 4.74 Å². The van der Waals surface area contributed by atoms with Crippen LogP contribution >= 0.6 is 23.2 Å². The smallest absolute Gasteiger partial charge is 0.450 e. The van der Waals surface area contributed by atoms with Crippen LogP contribution in [0.5, 0.6) is 0 Å². The lowest BCUT2D eigenvalue weighted by atomic mass is 10.1. The minimum atomic E-state index is -3.63. The molecule has 0 aromatic carbocycles. The Morgan fingerprint density at radius 1 is 1.56 bits per heavy atom. The van der Waals surface area contributed by atoms with E-state index in [-0.39, 0.29) is 0 Å². The topological polar surface area (TPSA) is 46.5 Å². The predicted octanol–water partition coefficient (Wildman–Crippen LogP) is 3.66. The molecule has 0 spiro atoms. The summed E-state index contributed by atoms with van der Waals surface area (Å²) in [6, 6.07) is 0. The van der Waals surface area contributed by atoms with Gasteiger partial charge in [0.25, 0.3) is 0 Å². The van der Waals surface area contributed by atoms with Crippen molar-refractivity contribution in [3.05, 3.63) is 11.1 Å². The van der Waals surface area contributed by atoms with E-state index in [0.29, 0.717) is 0 Å². The normalized spacial score (nSPS) is 28.8. The first-order chi connectivity index (χ1) is 7.06. The second-order valence-corrected chi connectivity index (χ2v) is 5.05. The maximum absolute atomic E-state index is 12.6. The van der Waals surface area contributed by atoms with E-state index >= 15 is 0 Å². The van der Waals surface area contributed by atoms with Crippen LogP contribution in [0.1, 0.15) is 13.8 Å². The Hall–Kier alpha value is -0.550. The van der Waals surface area contributed by atoms with Gasteiger partial charge in [-0.1, -0.05) is 31.5 Å². The molecule has 1 fully saturated rings. The van der Waals surface area contributed by atoms with Crippen molar-refractivity contribution in [1.82, 2.24) is 0 Å². The quantitative estimate of drug-likeness (QED) is 0.631. The average molecular weight is 275 g/mol. The first-order valence-corrected chi connectivity index (χ1v) is 5.16. The number of halogens is 4. The fourth-order valence-electron chi connectivity index (χ4n) is 1.52. The summed E-state index contributed by atoms with van der Waals surface area (Å²) < 4.78 is 29.6. The van der Waals surface area contributed by atoms with Crippen molar-refractivity contribution in [3.8, 4) is 0 Å². The maximum atomic E-state index is 12.6. The second-order valence-electron chi connectivity index (χ2n) is 4.16. The molecule has 1 aliphatic carbocycles. The zero-order valence-corrected chi connectivity index (χ0v) is 10.0. The van der Waals surface area contributed by atoms with Crippen LogP contribution in [0, 0.1) is 11.3 Å².